The fraction of sp³-hybridized carbons (Fsp3) is 0.966. The van der Waals surface area contributed by atoms with Crippen LogP contribution in [-0.2, 0) is 28.5 Å². The third-order valence-electron chi connectivity index (χ3n) is 10.1. The fourth-order valence-corrected chi connectivity index (χ4v) is 7.56. The Kier molecular flexibility index (Phi) is 11.6. The Morgan fingerprint density at radius 3 is 2.07 bits per heavy atom. The van der Waals surface area contributed by atoms with Crippen molar-refractivity contribution in [3.63, 3.8) is 0 Å². The van der Waals surface area contributed by atoms with Crippen molar-refractivity contribution in [1.82, 2.24) is 0 Å². The third-order valence-corrected chi connectivity index (χ3v) is 10.1. The van der Waals surface area contributed by atoms with E-state index >= 15 is 0 Å². The predicted molar refractivity (Wildman–Crippen MR) is 149 cm³/mol. The number of hydrogen-bond acceptors (Lipinski definition) is 16. The van der Waals surface area contributed by atoms with E-state index in [1.54, 1.807) is 0 Å². The molecule has 0 aromatic rings. The van der Waals surface area contributed by atoms with Gasteiger partial charge in [0.1, 0.15) is 48.8 Å². The smallest absolute Gasteiger partial charge is 0.303 e. The van der Waals surface area contributed by atoms with Crippen molar-refractivity contribution in [2.24, 2.45) is 11.8 Å². The second kappa shape index (κ2) is 14.8. The number of fused-ring (bicyclic) bond motifs is 1. The van der Waals surface area contributed by atoms with Crippen LogP contribution in [0.15, 0.2) is 0 Å². The van der Waals surface area contributed by atoms with Crippen LogP contribution in [0.4, 0.5) is 0 Å². The van der Waals surface area contributed by atoms with Gasteiger partial charge in [-0.3, -0.25) is 4.79 Å². The van der Waals surface area contributed by atoms with Crippen LogP contribution in [0, 0.1) is 11.8 Å². The molecule has 3 aliphatic heterocycles. The van der Waals surface area contributed by atoms with Crippen molar-refractivity contribution < 1.29 is 84.3 Å². The summed E-state index contributed by atoms with van der Waals surface area (Å²) in [4.78, 5) is 11.5. The number of aliphatic hydroxyl groups excluding tert-OH is 10. The number of carbonyl (C=O) groups excluding carboxylic acids is 1. The maximum atomic E-state index is 11.5. The average Bonchev–Trinajstić information content (AvgIpc) is 2.99. The van der Waals surface area contributed by atoms with Gasteiger partial charge in [-0.25, -0.2) is 0 Å². The number of esters is 1. The molecule has 46 heavy (non-hydrogen) atoms. The van der Waals surface area contributed by atoms with Crippen LogP contribution in [0.3, 0.4) is 0 Å². The maximum Gasteiger partial charge on any atom is 0.303 e. The molecule has 0 aromatic carbocycles. The van der Waals surface area contributed by atoms with E-state index in [4.69, 9.17) is 28.4 Å². The Hall–Kier alpha value is -1.13. The van der Waals surface area contributed by atoms with Gasteiger partial charge < -0.3 is 79.5 Å². The minimum atomic E-state index is -1.77. The Morgan fingerprint density at radius 2 is 1.41 bits per heavy atom. The lowest BCUT2D eigenvalue weighted by atomic mass is 9.72. The van der Waals surface area contributed by atoms with Gasteiger partial charge in [0, 0.05) is 25.7 Å². The molecule has 5 rings (SSSR count). The molecule has 2 aliphatic carbocycles. The van der Waals surface area contributed by atoms with Gasteiger partial charge in [-0.1, -0.05) is 0 Å². The Balaban J connectivity index is 1.30. The molecule has 0 spiro atoms. The minimum absolute atomic E-state index is 0.0752. The number of carbonyl (C=O) groups is 1. The van der Waals surface area contributed by atoms with E-state index < -0.39 is 135 Å². The Bertz CT molecular complexity index is 1010. The summed E-state index contributed by atoms with van der Waals surface area (Å²) in [6.45, 7) is 2.09. The Labute approximate surface area is 265 Å². The maximum absolute atomic E-state index is 11.5. The first kappa shape index (κ1) is 36.2. The molecule has 5 fully saturated rings. The van der Waals surface area contributed by atoms with Gasteiger partial charge in [-0.15, -0.1) is 0 Å². The first-order valence-electron chi connectivity index (χ1n) is 15.9. The average molecular weight is 670 g/mol. The van der Waals surface area contributed by atoms with Crippen LogP contribution in [0.2, 0.25) is 0 Å². The summed E-state index contributed by atoms with van der Waals surface area (Å²) in [5, 5.41) is 105. The zero-order valence-electron chi connectivity index (χ0n) is 25.7. The van der Waals surface area contributed by atoms with E-state index in [1.807, 2.05) is 0 Å². The van der Waals surface area contributed by atoms with Gasteiger partial charge in [0.25, 0.3) is 0 Å². The molecular formula is C29H49O17+. The second-order valence-corrected chi connectivity index (χ2v) is 13.4. The van der Waals surface area contributed by atoms with Crippen molar-refractivity contribution in [3.05, 3.63) is 0 Å². The highest BCUT2D eigenvalue weighted by atomic mass is 16.7. The molecule has 0 radical (unpaired) electrons. The Morgan fingerprint density at radius 1 is 0.739 bits per heavy atom. The molecule has 17 nitrogen and oxygen atoms in total. The van der Waals surface area contributed by atoms with Gasteiger partial charge in [0.05, 0.1) is 43.0 Å². The second-order valence-electron chi connectivity index (χ2n) is 13.4. The first-order valence-corrected chi connectivity index (χ1v) is 15.9. The predicted octanol–water partition coefficient (Wildman–Crippen LogP) is -5.11. The third kappa shape index (κ3) is 7.54. The zero-order chi connectivity index (χ0) is 33.6. The molecule has 266 valence electrons. The van der Waals surface area contributed by atoms with Crippen molar-refractivity contribution in [2.75, 3.05) is 6.61 Å². The number of rotatable bonds is 7. The monoisotopic (exact) mass is 669 g/mol. The lowest BCUT2D eigenvalue weighted by Crippen LogP contribution is -2.64. The van der Waals surface area contributed by atoms with E-state index in [0.29, 0.717) is 6.42 Å². The summed E-state index contributed by atoms with van der Waals surface area (Å²) >= 11 is 0. The van der Waals surface area contributed by atoms with Crippen molar-refractivity contribution in [3.8, 4) is 0 Å². The largest absolute Gasteiger partial charge is 0.457 e. The minimum Gasteiger partial charge on any atom is -0.457 e. The summed E-state index contributed by atoms with van der Waals surface area (Å²) in [7, 11) is 0. The molecule has 3 heterocycles. The van der Waals surface area contributed by atoms with E-state index in [-0.39, 0.29) is 25.7 Å². The lowest BCUT2D eigenvalue weighted by molar-refractivity contribution is -0.363. The van der Waals surface area contributed by atoms with E-state index in [1.165, 1.54) is 6.92 Å². The highest BCUT2D eigenvalue weighted by molar-refractivity contribution is 5.66. The molecule has 0 amide bonds. The molecule has 17 heteroatoms. The molecule has 18 atom stereocenters. The van der Waals surface area contributed by atoms with Crippen molar-refractivity contribution in [1.29, 1.82) is 0 Å². The zero-order valence-corrected chi connectivity index (χ0v) is 25.7. The molecule has 11 N–H and O–H groups in total. The first-order chi connectivity index (χ1) is 21.7. The lowest BCUT2D eigenvalue weighted by Gasteiger charge is -2.49. The molecule has 3 saturated heterocycles. The van der Waals surface area contributed by atoms with Gasteiger partial charge >= 0.3 is 5.97 Å². The van der Waals surface area contributed by atoms with Gasteiger partial charge in [0.15, 0.2) is 30.9 Å². The topological polar surface area (TPSA) is 278 Å². The van der Waals surface area contributed by atoms with Crippen LogP contribution in [0.25, 0.3) is 0 Å². The van der Waals surface area contributed by atoms with Crippen LogP contribution in [0.1, 0.15) is 46.0 Å². The van der Waals surface area contributed by atoms with Crippen LogP contribution in [-0.4, -0.2) is 179 Å². The van der Waals surface area contributed by atoms with Crippen LogP contribution < -0.4 is 0 Å². The molecule has 18 unspecified atom stereocenters. The van der Waals surface area contributed by atoms with E-state index in [9.17, 15) is 55.9 Å². The molecule has 0 bridgehead atoms. The number of ether oxygens (including phenoxy) is 6. The summed E-state index contributed by atoms with van der Waals surface area (Å²) in [5.41, 5.74) is 0. The summed E-state index contributed by atoms with van der Waals surface area (Å²) in [6, 6.07) is 0. The molecule has 0 aromatic heterocycles. The van der Waals surface area contributed by atoms with Crippen molar-refractivity contribution >= 4 is 5.97 Å². The van der Waals surface area contributed by atoms with Crippen LogP contribution in [0.5, 0.6) is 0 Å². The summed E-state index contributed by atoms with van der Waals surface area (Å²) in [5.74, 6) is -1.65. The number of aliphatic hydroxyl groups is 12. The van der Waals surface area contributed by atoms with E-state index in [0.717, 1.165) is 6.92 Å². The summed E-state index contributed by atoms with van der Waals surface area (Å²) < 4.78 is 33.1. The quantitative estimate of drug-likeness (QED) is 0.0896. The van der Waals surface area contributed by atoms with Gasteiger partial charge in [0.2, 0.25) is 0 Å². The molecule has 2 saturated carbocycles. The fourth-order valence-electron chi connectivity index (χ4n) is 7.56. The molecule has 5 aliphatic rings. The van der Waals surface area contributed by atoms with Crippen LogP contribution >= 0.6 is 0 Å². The normalized spacial score (nSPS) is 53.3. The number of hydrogen-bond donors (Lipinski definition) is 10. The van der Waals surface area contributed by atoms with Gasteiger partial charge in [-0.2, -0.15) is 0 Å². The van der Waals surface area contributed by atoms with Gasteiger partial charge in [-0.05, 0) is 26.2 Å². The highest BCUT2D eigenvalue weighted by Crippen LogP contribution is 2.42. The SMILES string of the molecule is CC(=O)OC1C(O)C(C)OC(OCC2OC(OC3CC4C(O)CC(O)CC4[OH+]C3C3CC(O)C(O)C(O)C3)C(O)C(O)C2O)C1O. The molecular weight excluding hydrogens is 620 g/mol. The van der Waals surface area contributed by atoms with Crippen molar-refractivity contribution in [2.45, 2.75) is 156 Å². The van der Waals surface area contributed by atoms with E-state index in [2.05, 4.69) is 0 Å². The highest BCUT2D eigenvalue weighted by Gasteiger charge is 2.56. The standard InChI is InChI=1S/C29H48O17/c1-9-20(35)27(43-10(2)30)25(40)28(42-9)41-8-19-22(37)23(38)24(39)29(46-19)45-18-7-13-14(32)5-12(31)6-17(13)44-26(18)11-3-15(33)21(36)16(34)4-11/h9,11-29,31-40H,3-8H2,1-2H3/p+1. The summed E-state index contributed by atoms with van der Waals surface area (Å²) in [6.07, 6.45) is -21.5.